The van der Waals surface area contributed by atoms with Crippen molar-refractivity contribution in [2.24, 2.45) is 0 Å². The van der Waals surface area contributed by atoms with Crippen molar-refractivity contribution in [2.75, 3.05) is 13.1 Å². The van der Waals surface area contributed by atoms with Crippen LogP contribution >= 0.6 is 0 Å². The molecule has 0 bridgehead atoms. The third-order valence-electron chi connectivity index (χ3n) is 18.2. The molecule has 2 N–H and O–H groups in total. The lowest BCUT2D eigenvalue weighted by Crippen LogP contribution is -2.49. The summed E-state index contributed by atoms with van der Waals surface area (Å²) in [5.41, 5.74) is 3.39. The van der Waals surface area contributed by atoms with Crippen LogP contribution in [0.2, 0.25) is 0 Å². The van der Waals surface area contributed by atoms with Crippen LogP contribution in [0, 0.1) is 27.7 Å². The predicted octanol–water partition coefficient (Wildman–Crippen LogP) is 14.4. The van der Waals surface area contributed by atoms with Crippen LogP contribution in [0.25, 0.3) is 43.1 Å². The van der Waals surface area contributed by atoms with E-state index in [4.69, 9.17) is 28.4 Å². The highest BCUT2D eigenvalue weighted by atomic mass is 16.5. The van der Waals surface area contributed by atoms with Crippen LogP contribution in [0.1, 0.15) is 129 Å². The molecule has 9 aromatic carbocycles. The van der Waals surface area contributed by atoms with E-state index in [0.29, 0.717) is 118 Å². The number of fused-ring (bicyclic) bond motifs is 2. The highest BCUT2D eigenvalue weighted by Crippen LogP contribution is 2.58. The Kier molecular flexibility index (Phi) is 16.5. The van der Waals surface area contributed by atoms with E-state index in [9.17, 15) is 19.2 Å². The number of carbonyl (C=O) groups is 8. The molecule has 4 atom stereocenters. The monoisotopic (exact) mass is 1260 g/mol. The summed E-state index contributed by atoms with van der Waals surface area (Å²) < 4.78 is 40.0. The molecule has 94 heavy (non-hydrogen) atoms. The lowest BCUT2D eigenvalue weighted by molar-refractivity contribution is -0.147. The van der Waals surface area contributed by atoms with Gasteiger partial charge in [-0.1, -0.05) is 86.0 Å². The lowest BCUT2D eigenvalue weighted by atomic mass is 9.80. The molecule has 2 fully saturated rings. The van der Waals surface area contributed by atoms with Crippen molar-refractivity contribution in [1.82, 2.24) is 20.4 Å². The largest absolute Gasteiger partial charge is 0.459 e. The summed E-state index contributed by atoms with van der Waals surface area (Å²) in [5.74, 6) is -3.56. The van der Waals surface area contributed by atoms with Crippen LogP contribution in [-0.2, 0) is 28.7 Å². The minimum Gasteiger partial charge on any atom is -0.459 e. The fourth-order valence-corrected chi connectivity index (χ4v) is 13.5. The first kappa shape index (κ1) is 62.0. The maximum atomic E-state index is 15.7. The number of nitrogens with zero attached hydrogens (tertiary/aromatic N) is 2. The van der Waals surface area contributed by atoms with Gasteiger partial charge in [0.2, 0.25) is 11.8 Å². The van der Waals surface area contributed by atoms with Crippen LogP contribution < -0.4 is 29.6 Å². The van der Waals surface area contributed by atoms with Gasteiger partial charge in [0.15, 0.2) is 0 Å². The maximum absolute atomic E-state index is 15.7. The highest BCUT2D eigenvalue weighted by Gasteiger charge is 2.43. The third kappa shape index (κ3) is 11.5. The molecular formula is C76H68N4O14. The maximum Gasteiger partial charge on any atom is 0.333 e. The zero-order chi connectivity index (χ0) is 66.0. The summed E-state index contributed by atoms with van der Waals surface area (Å²) >= 11 is 0. The number of hydrogen-bond acceptors (Lipinski definition) is 14. The predicted molar refractivity (Wildman–Crippen MR) is 354 cm³/mol. The van der Waals surface area contributed by atoms with E-state index in [1.807, 2.05) is 76.2 Å². The number of aryl methyl sites for hydroxylation is 4. The number of amides is 6. The summed E-state index contributed by atoms with van der Waals surface area (Å²) in [6, 6.07) is 34.6. The Balaban J connectivity index is 1.07. The summed E-state index contributed by atoms with van der Waals surface area (Å²) in [6.45, 7) is 16.6. The molecule has 13 rings (SSSR count). The van der Waals surface area contributed by atoms with Crippen molar-refractivity contribution < 1.29 is 66.8 Å². The smallest absolute Gasteiger partial charge is 0.333 e. The second-order valence-corrected chi connectivity index (χ2v) is 25.0. The first-order valence-corrected chi connectivity index (χ1v) is 31.5. The highest BCUT2D eigenvalue weighted by molar-refractivity contribution is 6.45. The van der Waals surface area contributed by atoms with Crippen molar-refractivity contribution in [3.63, 3.8) is 0 Å². The quantitative estimate of drug-likeness (QED) is 0.0268. The second-order valence-electron chi connectivity index (χ2n) is 25.0. The van der Waals surface area contributed by atoms with E-state index in [1.54, 1.807) is 86.6 Å². The average Bonchev–Trinajstić information content (AvgIpc) is 0.673. The molecule has 0 radical (unpaired) electrons. The summed E-state index contributed by atoms with van der Waals surface area (Å²) in [6.07, 6.45) is 3.30. The number of benzene rings is 9. The SMILES string of the molecule is C=C(C)C(=O)OC1CCCC(NC(=O)CN2C(=O)c3cc(Oc4ccccc4C)c4c5c(Oc6ccccc6C)cc6c7c(cc(Oc8ccccc8C)c(c8c(Oc9ccccc9C)cc(c3c48)C2=O)c75)C(=O)N(CC(=O)NC2CCCC(OC(=O)C(=C)C)C2)C6=O)C1. The molecule has 2 aliphatic carbocycles. The van der Waals surface area contributed by atoms with Gasteiger partial charge in [0.1, 0.15) is 71.3 Å². The van der Waals surface area contributed by atoms with E-state index < -0.39 is 84.8 Å². The Labute approximate surface area is 541 Å². The van der Waals surface area contributed by atoms with Gasteiger partial charge in [-0.2, -0.15) is 0 Å². The number of imide groups is 2. The Morgan fingerprint density at radius 2 is 0.681 bits per heavy atom. The van der Waals surface area contributed by atoms with Gasteiger partial charge in [0.25, 0.3) is 23.6 Å². The van der Waals surface area contributed by atoms with E-state index in [-0.39, 0.29) is 77.9 Å². The Morgan fingerprint density at radius 3 is 0.947 bits per heavy atom. The van der Waals surface area contributed by atoms with Crippen LogP contribution in [0.5, 0.6) is 46.0 Å². The van der Waals surface area contributed by atoms with E-state index in [0.717, 1.165) is 9.80 Å². The van der Waals surface area contributed by atoms with Gasteiger partial charge >= 0.3 is 11.9 Å². The fraction of sp³-hybridized carbons (Fsp3) is 0.263. The molecule has 18 heteroatoms. The number of rotatable bonds is 18. The molecule has 2 heterocycles. The van der Waals surface area contributed by atoms with E-state index in [1.165, 1.54) is 0 Å². The van der Waals surface area contributed by atoms with Crippen LogP contribution in [0.4, 0.5) is 0 Å². The molecule has 0 saturated heterocycles. The number of para-hydroxylation sites is 4. The molecule has 4 unspecified atom stereocenters. The van der Waals surface area contributed by atoms with Gasteiger partial charge in [-0.3, -0.25) is 38.6 Å². The Bertz CT molecular complexity index is 4240. The van der Waals surface area contributed by atoms with Gasteiger partial charge in [0, 0.05) is 79.2 Å². The molecule has 476 valence electrons. The third-order valence-corrected chi connectivity index (χ3v) is 18.2. The first-order valence-electron chi connectivity index (χ1n) is 31.5. The van der Waals surface area contributed by atoms with E-state index >= 15 is 19.2 Å². The van der Waals surface area contributed by atoms with Gasteiger partial charge < -0.3 is 39.1 Å². The molecule has 2 saturated carbocycles. The molecule has 0 spiro atoms. The molecule has 6 amide bonds. The standard InChI is InChI=1S/C76H68N4O14/c1-39(2)75(87)89-47-25-17-23-45(31-47)77-61(81)37-79-71(83)49-33-57(91-53-27-13-9-19-41(53)5)65-67-59(93-55-29-15-11-21-43(55)7)35-51-64-52(74(86)80(73(51)85)38-62(82)78-46-24-18-26-48(32-46)90-76(88)40(3)4)36-60(94-56-30-16-12-22-44(56)8)68(70(64)67)66-58(92-54-28-14-10-20-42(54)6)34-50(72(79)84)63(49)69(65)66/h9-16,19-22,27-30,33-36,45-48H,1,3,17-18,23-26,31-32,37-38H2,2,4-8H3,(H,77,81)(H,78,82). The molecule has 4 aliphatic rings. The summed E-state index contributed by atoms with van der Waals surface area (Å²) in [7, 11) is 0. The zero-order valence-electron chi connectivity index (χ0n) is 53.0. The van der Waals surface area contributed by atoms with Crippen LogP contribution in [0.3, 0.4) is 0 Å². The van der Waals surface area contributed by atoms with Crippen molar-refractivity contribution in [3.8, 4) is 46.0 Å². The topological polar surface area (TPSA) is 222 Å². The molecule has 18 nitrogen and oxygen atoms in total. The minimum atomic E-state index is -0.803. The number of hydrogen-bond donors (Lipinski definition) is 2. The first-order chi connectivity index (χ1) is 45.2. The number of ether oxygens (including phenoxy) is 6. The Morgan fingerprint density at radius 1 is 0.404 bits per heavy atom. The van der Waals surface area contributed by atoms with Crippen LogP contribution in [-0.4, -0.2) is 94.6 Å². The second kappa shape index (κ2) is 25.0. The van der Waals surface area contributed by atoms with Crippen LogP contribution in [0.15, 0.2) is 146 Å². The van der Waals surface area contributed by atoms with Gasteiger partial charge in [-0.15, -0.1) is 0 Å². The van der Waals surface area contributed by atoms with Crippen molar-refractivity contribution in [1.29, 1.82) is 0 Å². The van der Waals surface area contributed by atoms with Gasteiger partial charge in [-0.25, -0.2) is 9.59 Å². The molecular weight excluding hydrogens is 1190 g/mol. The van der Waals surface area contributed by atoms with Gasteiger partial charge in [0.05, 0.1) is 22.3 Å². The molecule has 2 aliphatic heterocycles. The summed E-state index contributed by atoms with van der Waals surface area (Å²) in [5, 5.41) is 8.14. The average molecular weight is 1260 g/mol. The number of esters is 2. The van der Waals surface area contributed by atoms with Crippen molar-refractivity contribution in [3.05, 3.63) is 190 Å². The normalized spacial score (nSPS) is 17.7. The lowest BCUT2D eigenvalue weighted by Gasteiger charge is -2.33. The van der Waals surface area contributed by atoms with Gasteiger partial charge in [-0.05, 0) is 151 Å². The summed E-state index contributed by atoms with van der Waals surface area (Å²) in [4.78, 5) is 119. The van der Waals surface area contributed by atoms with Crippen molar-refractivity contribution in [2.45, 2.75) is 117 Å². The number of carbonyl (C=O) groups excluding carboxylic acids is 8. The van der Waals surface area contributed by atoms with Crippen molar-refractivity contribution >= 4 is 90.5 Å². The minimum absolute atomic E-state index is 0.00514. The molecule has 9 aromatic rings. The fourth-order valence-electron chi connectivity index (χ4n) is 13.5. The molecule has 0 aromatic heterocycles. The Hall–Kier alpha value is -10.9. The number of nitrogens with one attached hydrogen (secondary N) is 2. The zero-order valence-corrected chi connectivity index (χ0v) is 53.0. The van der Waals surface area contributed by atoms with E-state index in [2.05, 4.69) is 23.8 Å².